The van der Waals surface area contributed by atoms with E-state index in [0.29, 0.717) is 44.8 Å². The van der Waals surface area contributed by atoms with Gasteiger partial charge in [0.2, 0.25) is 5.91 Å². The van der Waals surface area contributed by atoms with Crippen molar-refractivity contribution in [2.75, 3.05) is 0 Å². The van der Waals surface area contributed by atoms with E-state index in [2.05, 4.69) is 20.8 Å². The lowest BCUT2D eigenvalue weighted by atomic mass is 9.77. The Labute approximate surface area is 287 Å². The summed E-state index contributed by atoms with van der Waals surface area (Å²) in [4.78, 5) is 29.1. The van der Waals surface area contributed by atoms with Crippen molar-refractivity contribution in [1.82, 2.24) is 4.90 Å². The van der Waals surface area contributed by atoms with Gasteiger partial charge in [-0.05, 0) is 64.5 Å². The molecule has 0 bridgehead atoms. The van der Waals surface area contributed by atoms with Gasteiger partial charge in [-0.15, -0.1) is 0 Å². The van der Waals surface area contributed by atoms with Gasteiger partial charge in [-0.3, -0.25) is 9.59 Å². The number of aliphatic hydroxyl groups excluding tert-OH is 2. The van der Waals surface area contributed by atoms with E-state index < -0.39 is 18.2 Å². The monoisotopic (exact) mass is 653 g/mol. The number of hydrogen-bond acceptors (Lipinski definition) is 5. The fourth-order valence-corrected chi connectivity index (χ4v) is 7.73. The van der Waals surface area contributed by atoms with Crippen LogP contribution in [0.2, 0.25) is 0 Å². The van der Waals surface area contributed by atoms with E-state index in [9.17, 15) is 19.8 Å². The Bertz CT molecular complexity index is 1460. The molecule has 2 N–H and O–H groups in total. The van der Waals surface area contributed by atoms with Gasteiger partial charge in [0, 0.05) is 32.2 Å². The first-order valence-corrected chi connectivity index (χ1v) is 18.1. The second-order valence-electron chi connectivity index (χ2n) is 15.4. The van der Waals surface area contributed by atoms with Crippen LogP contribution in [0, 0.1) is 17.3 Å². The number of carbonyl (C=O) groups excluding carboxylic acids is 2. The molecule has 6 nitrogen and oxygen atoms in total. The normalized spacial score (nSPS) is 19.4. The number of nitrogens with zero attached hydrogens (tertiary/aromatic N) is 1. The molecule has 0 saturated heterocycles. The zero-order chi connectivity index (χ0) is 34.1. The summed E-state index contributed by atoms with van der Waals surface area (Å²) >= 11 is 0. The molecule has 0 heterocycles. The van der Waals surface area contributed by atoms with Gasteiger partial charge in [-0.2, -0.15) is 0 Å². The fourth-order valence-electron chi connectivity index (χ4n) is 7.73. The van der Waals surface area contributed by atoms with Crippen LogP contribution in [0.25, 0.3) is 0 Å². The van der Waals surface area contributed by atoms with Gasteiger partial charge < -0.3 is 19.8 Å². The van der Waals surface area contributed by atoms with Gasteiger partial charge in [-0.1, -0.05) is 120 Å². The highest BCUT2D eigenvalue weighted by Gasteiger charge is 2.38. The number of carbonyl (C=O) groups is 2. The quantitative estimate of drug-likeness (QED) is 0.172. The van der Waals surface area contributed by atoms with Crippen LogP contribution in [-0.4, -0.2) is 39.0 Å². The van der Waals surface area contributed by atoms with Crippen LogP contribution in [0.15, 0.2) is 78.9 Å². The molecular weight excluding hydrogens is 598 g/mol. The molecule has 6 heteroatoms. The molecule has 2 aliphatic rings. The summed E-state index contributed by atoms with van der Waals surface area (Å²) in [7, 11) is 0. The summed E-state index contributed by atoms with van der Waals surface area (Å²) < 4.78 is 5.99. The van der Waals surface area contributed by atoms with E-state index in [-0.39, 0.29) is 29.4 Å². The lowest BCUT2D eigenvalue weighted by Crippen LogP contribution is -2.39. The van der Waals surface area contributed by atoms with Crippen molar-refractivity contribution >= 4 is 11.7 Å². The molecule has 0 spiro atoms. The van der Waals surface area contributed by atoms with E-state index in [1.807, 2.05) is 78.9 Å². The van der Waals surface area contributed by atoms with Crippen molar-refractivity contribution in [3.8, 4) is 5.75 Å². The number of fused-ring (bicyclic) bond motifs is 1. The first-order chi connectivity index (χ1) is 23.1. The molecule has 1 saturated carbocycles. The second-order valence-corrected chi connectivity index (χ2v) is 15.4. The van der Waals surface area contributed by atoms with Crippen molar-refractivity contribution in [3.63, 3.8) is 0 Å². The van der Waals surface area contributed by atoms with Crippen LogP contribution in [0.1, 0.15) is 113 Å². The molecule has 1 fully saturated rings. The third-order valence-electron chi connectivity index (χ3n) is 10.1. The number of ether oxygens (including phenoxy) is 1. The van der Waals surface area contributed by atoms with Crippen LogP contribution in [0.3, 0.4) is 0 Å². The van der Waals surface area contributed by atoms with Gasteiger partial charge in [-0.25, -0.2) is 0 Å². The van der Waals surface area contributed by atoms with Crippen LogP contribution in [-0.2, 0) is 29.2 Å². The third kappa shape index (κ3) is 10.3. The maximum Gasteiger partial charge on any atom is 0.223 e. The van der Waals surface area contributed by atoms with E-state index >= 15 is 0 Å². The number of Topliss-reactive ketones (excluding diaryl/α,β-unsaturated/α-hetero) is 1. The van der Waals surface area contributed by atoms with Crippen LogP contribution in [0.5, 0.6) is 5.75 Å². The minimum absolute atomic E-state index is 0.0987. The summed E-state index contributed by atoms with van der Waals surface area (Å²) in [5.74, 6) is 1.22. The molecule has 2 aliphatic carbocycles. The first kappa shape index (κ1) is 35.8. The summed E-state index contributed by atoms with van der Waals surface area (Å²) in [6.07, 6.45) is 7.18. The van der Waals surface area contributed by atoms with Crippen LogP contribution < -0.4 is 4.74 Å². The number of amides is 1. The van der Waals surface area contributed by atoms with Gasteiger partial charge >= 0.3 is 0 Å². The molecule has 3 aromatic carbocycles. The van der Waals surface area contributed by atoms with E-state index in [1.54, 1.807) is 4.90 Å². The van der Waals surface area contributed by atoms with Crippen molar-refractivity contribution in [2.45, 2.75) is 123 Å². The lowest BCUT2D eigenvalue weighted by molar-refractivity contribution is -0.137. The lowest BCUT2D eigenvalue weighted by Gasteiger charge is -2.33. The third-order valence-corrected chi connectivity index (χ3v) is 10.1. The minimum atomic E-state index is -0.733. The van der Waals surface area contributed by atoms with E-state index in [1.165, 1.54) is 19.3 Å². The van der Waals surface area contributed by atoms with Crippen LogP contribution in [0.4, 0.5) is 0 Å². The van der Waals surface area contributed by atoms with Crippen molar-refractivity contribution in [2.24, 2.45) is 17.3 Å². The Hall–Kier alpha value is -3.48. The van der Waals surface area contributed by atoms with E-state index in [4.69, 9.17) is 4.74 Å². The highest BCUT2D eigenvalue weighted by atomic mass is 16.5. The summed E-state index contributed by atoms with van der Waals surface area (Å²) in [5.41, 5.74) is 3.97. The largest absolute Gasteiger partial charge is 0.489 e. The molecule has 0 radical (unpaired) electrons. The Balaban J connectivity index is 1.29. The highest BCUT2D eigenvalue weighted by Crippen LogP contribution is 2.38. The van der Waals surface area contributed by atoms with Crippen molar-refractivity contribution < 1.29 is 24.5 Å². The van der Waals surface area contributed by atoms with Gasteiger partial charge in [0.1, 0.15) is 18.1 Å². The summed E-state index contributed by atoms with van der Waals surface area (Å²) in [5, 5.41) is 22.8. The van der Waals surface area contributed by atoms with Gasteiger partial charge in [0.25, 0.3) is 0 Å². The molecule has 5 rings (SSSR count). The van der Waals surface area contributed by atoms with Gasteiger partial charge in [0.05, 0.1) is 18.2 Å². The molecule has 3 aromatic rings. The smallest absolute Gasteiger partial charge is 0.223 e. The molecule has 0 aromatic heterocycles. The fraction of sp³-hybridized carbons (Fsp3) is 0.524. The highest BCUT2D eigenvalue weighted by molar-refractivity contribution is 5.79. The van der Waals surface area contributed by atoms with Crippen molar-refractivity contribution in [3.05, 3.63) is 101 Å². The first-order valence-electron chi connectivity index (χ1n) is 18.1. The molecular formula is C42H55NO5. The van der Waals surface area contributed by atoms with Crippen molar-refractivity contribution in [1.29, 1.82) is 0 Å². The predicted octanol–water partition coefficient (Wildman–Crippen LogP) is 8.38. The Morgan fingerprint density at radius 1 is 0.896 bits per heavy atom. The van der Waals surface area contributed by atoms with E-state index in [0.717, 1.165) is 47.3 Å². The number of benzene rings is 3. The van der Waals surface area contributed by atoms with Crippen LogP contribution >= 0.6 is 0 Å². The molecule has 4 atom stereocenters. The average Bonchev–Trinajstić information content (AvgIpc) is 3.40. The number of hydrogen-bond donors (Lipinski definition) is 2. The minimum Gasteiger partial charge on any atom is -0.489 e. The number of rotatable bonds is 15. The summed E-state index contributed by atoms with van der Waals surface area (Å²) in [6, 6.07) is 25.3. The Morgan fingerprint density at radius 2 is 1.58 bits per heavy atom. The molecule has 0 aliphatic heterocycles. The SMILES string of the molecule is CC(C)(C)CC(=O)C[C@@H](CC1CCCCC1)[C@@H](O)CCC(=O)N(Cc1ccc(OCc2ccccc2)cc1)[C@H]1c2ccccc2C[C@H]1O. The molecule has 0 unspecified atom stereocenters. The maximum atomic E-state index is 14.2. The summed E-state index contributed by atoms with van der Waals surface area (Å²) in [6.45, 7) is 7.03. The topological polar surface area (TPSA) is 87.1 Å². The molecule has 1 amide bonds. The maximum absolute atomic E-state index is 14.2. The number of aliphatic hydroxyl groups is 2. The predicted molar refractivity (Wildman–Crippen MR) is 190 cm³/mol. The molecule has 258 valence electrons. The Morgan fingerprint density at radius 3 is 2.29 bits per heavy atom. The van der Waals surface area contributed by atoms with Gasteiger partial charge in [0.15, 0.2) is 0 Å². The Kier molecular flexibility index (Phi) is 12.5. The average molecular weight is 654 g/mol. The number of ketones is 1. The zero-order valence-electron chi connectivity index (χ0n) is 29.2. The standard InChI is InChI=1S/C42H55NO5/c1-42(2,3)27-35(44)25-34(24-30-12-6-4-7-13-30)38(45)22-23-40(47)43(41-37-17-11-10-16-33(37)26-39(41)46)28-31-18-20-36(21-19-31)48-29-32-14-8-5-9-15-32/h5,8-11,14-21,30,34,38-39,41,45-46H,4,6-7,12-13,22-29H2,1-3H3/t34-,38+,39-,41+/m1/s1. The molecule has 48 heavy (non-hydrogen) atoms. The second kappa shape index (κ2) is 16.8. The zero-order valence-corrected chi connectivity index (χ0v) is 29.2.